The van der Waals surface area contributed by atoms with Gasteiger partial charge in [0.15, 0.2) is 0 Å². The summed E-state index contributed by atoms with van der Waals surface area (Å²) < 4.78 is 5.10. The molecule has 0 amide bonds. The first kappa shape index (κ1) is 9.07. The zero-order valence-corrected chi connectivity index (χ0v) is 8.36. The van der Waals surface area contributed by atoms with Gasteiger partial charge in [-0.2, -0.15) is 0 Å². The lowest BCUT2D eigenvalue weighted by Crippen LogP contribution is -1.91. The Bertz CT molecular complexity index is 329. The second-order valence-electron chi connectivity index (χ2n) is 3.40. The maximum absolute atomic E-state index is 5.10. The van der Waals surface area contributed by atoms with Gasteiger partial charge in [-0.05, 0) is 5.57 Å². The minimum Gasteiger partial charge on any atom is -0.540 e. The Morgan fingerprint density at radius 3 is 3.00 bits per heavy atom. The fourth-order valence-electron chi connectivity index (χ4n) is 1.59. The first-order chi connectivity index (χ1) is 6.88. The molecule has 14 heavy (non-hydrogen) atoms. The molecule has 1 nitrogen and oxygen atoms in total. The number of hydrogen-bond acceptors (Lipinski definition) is 1. The number of ether oxygens (including phenoxy) is 1. The van der Waals surface area contributed by atoms with E-state index in [0.717, 1.165) is 5.76 Å². The molecule has 72 valence electrons. The minimum atomic E-state index is 0.909. The number of methoxy groups -OCH3 is 1. The molecule has 0 aromatic rings. The van der Waals surface area contributed by atoms with Crippen LogP contribution in [-0.2, 0) is 4.74 Å². The third kappa shape index (κ3) is 2.05. The maximum atomic E-state index is 5.10. The second kappa shape index (κ2) is 4.14. The summed E-state index contributed by atoms with van der Waals surface area (Å²) in [6.45, 7) is 0. The van der Waals surface area contributed by atoms with Crippen molar-refractivity contribution in [1.29, 1.82) is 0 Å². The average Bonchev–Trinajstić information content (AvgIpc) is 2.72. The summed E-state index contributed by atoms with van der Waals surface area (Å²) in [7, 11) is 1.69. The lowest BCUT2D eigenvalue weighted by molar-refractivity contribution is 0.306. The van der Waals surface area contributed by atoms with Crippen molar-refractivity contribution in [3.8, 4) is 0 Å². The van der Waals surface area contributed by atoms with Crippen LogP contribution in [0.1, 0.15) is 12.8 Å². The van der Waals surface area contributed by atoms with Crippen molar-refractivity contribution in [1.82, 2.24) is 0 Å². The van der Waals surface area contributed by atoms with E-state index in [4.69, 9.17) is 4.74 Å². The third-order valence-corrected chi connectivity index (χ3v) is 2.38. The second-order valence-corrected chi connectivity index (χ2v) is 3.40. The molecule has 0 aromatic heterocycles. The van der Waals surface area contributed by atoms with Gasteiger partial charge in [-0.3, -0.25) is 0 Å². The molecule has 0 saturated heterocycles. The van der Waals surface area contributed by atoms with E-state index in [1.54, 1.807) is 7.11 Å². The smallest absolute Gasteiger partial charge is 0.124 e. The molecule has 0 aliphatic heterocycles. The minimum absolute atomic E-state index is 0.909. The van der Waals surface area contributed by atoms with Crippen molar-refractivity contribution in [3.63, 3.8) is 0 Å². The monoisotopic (exact) mass is 186 g/mol. The first-order valence-electron chi connectivity index (χ1n) is 4.90. The molecule has 0 heterocycles. The zero-order valence-electron chi connectivity index (χ0n) is 8.36. The Balaban J connectivity index is 2.02. The summed E-state index contributed by atoms with van der Waals surface area (Å²) in [5, 5.41) is 0. The van der Waals surface area contributed by atoms with Crippen LogP contribution in [0.2, 0.25) is 0 Å². The van der Waals surface area contributed by atoms with Crippen LogP contribution in [0.3, 0.4) is 0 Å². The molecular weight excluding hydrogens is 172 g/mol. The average molecular weight is 186 g/mol. The van der Waals surface area contributed by atoms with Crippen LogP contribution >= 0.6 is 0 Å². The van der Waals surface area contributed by atoms with Gasteiger partial charge < -0.3 is 4.74 Å². The Hall–Kier alpha value is -1.50. The molecule has 0 saturated carbocycles. The largest absolute Gasteiger partial charge is 0.540 e. The molecule has 0 fully saturated rings. The van der Waals surface area contributed by atoms with Crippen molar-refractivity contribution in [2.45, 2.75) is 12.8 Å². The topological polar surface area (TPSA) is 9.23 Å². The normalized spacial score (nSPS) is 22.5. The van der Waals surface area contributed by atoms with E-state index in [0.29, 0.717) is 0 Å². The highest BCUT2D eigenvalue weighted by molar-refractivity contribution is 5.47. The van der Waals surface area contributed by atoms with Gasteiger partial charge in [0.2, 0.25) is 0 Å². The van der Waals surface area contributed by atoms with Crippen LogP contribution in [0, 0.1) is 12.8 Å². The summed E-state index contributed by atoms with van der Waals surface area (Å²) in [4.78, 5) is 0. The molecule has 1 heteroatoms. The summed E-state index contributed by atoms with van der Waals surface area (Å²) in [5.41, 5.74) is 2.57. The lowest BCUT2D eigenvalue weighted by atomic mass is 10.0. The quantitative estimate of drug-likeness (QED) is 0.602. The Morgan fingerprint density at radius 2 is 2.43 bits per heavy atom. The van der Waals surface area contributed by atoms with Gasteiger partial charge in [0.1, 0.15) is 5.57 Å². The number of rotatable bonds is 2. The highest BCUT2D eigenvalue weighted by Gasteiger charge is 2.10. The van der Waals surface area contributed by atoms with Gasteiger partial charge in [0.05, 0.1) is 7.11 Å². The van der Waals surface area contributed by atoms with Crippen LogP contribution in [0.4, 0.5) is 0 Å². The van der Waals surface area contributed by atoms with E-state index in [1.165, 1.54) is 24.0 Å². The van der Waals surface area contributed by atoms with Crippen LogP contribution < -0.4 is 0 Å². The molecule has 0 bridgehead atoms. The molecule has 0 unspecified atom stereocenters. The predicted octanol–water partition coefficient (Wildman–Crippen LogP) is 3.14. The van der Waals surface area contributed by atoms with Crippen molar-refractivity contribution in [2.24, 2.45) is 0 Å². The van der Waals surface area contributed by atoms with E-state index in [9.17, 15) is 0 Å². The molecule has 0 radical (unpaired) electrons. The van der Waals surface area contributed by atoms with Crippen molar-refractivity contribution in [3.05, 3.63) is 60.1 Å². The Morgan fingerprint density at radius 1 is 1.50 bits per heavy atom. The number of hydrogen-bond donors (Lipinski definition) is 0. The van der Waals surface area contributed by atoms with Crippen LogP contribution in [0.5, 0.6) is 0 Å². The highest BCUT2D eigenvalue weighted by Crippen LogP contribution is 2.22. The lowest BCUT2D eigenvalue weighted by Gasteiger charge is -2.12. The van der Waals surface area contributed by atoms with E-state index in [2.05, 4.69) is 31.1 Å². The van der Waals surface area contributed by atoms with Crippen LogP contribution in [0.25, 0.3) is 0 Å². The third-order valence-electron chi connectivity index (χ3n) is 2.38. The molecular formula is C13H14O. The summed E-state index contributed by atoms with van der Waals surface area (Å²) in [5.74, 6) is 0.909. The summed E-state index contributed by atoms with van der Waals surface area (Å²) >= 11 is 0. The first-order valence-corrected chi connectivity index (χ1v) is 4.90. The maximum Gasteiger partial charge on any atom is 0.124 e. The summed E-state index contributed by atoms with van der Waals surface area (Å²) in [6.07, 6.45) is 17.2. The van der Waals surface area contributed by atoms with Gasteiger partial charge >= 0.3 is 0 Å². The molecule has 0 spiro atoms. The van der Waals surface area contributed by atoms with E-state index in [-0.39, 0.29) is 0 Å². The van der Waals surface area contributed by atoms with Crippen LogP contribution in [-0.4, -0.2) is 7.11 Å². The fraction of sp³-hybridized carbons (Fsp3) is 0.231. The molecule has 2 aliphatic carbocycles. The Kier molecular flexibility index (Phi) is 2.68. The fourth-order valence-corrected chi connectivity index (χ4v) is 1.59. The van der Waals surface area contributed by atoms with Gasteiger partial charge in [-0.1, -0.05) is 0 Å². The molecule has 0 N–H and O–H groups in total. The standard InChI is InChI=1S/C13H14O/c1-14-13-8-6-12(7-9-13)10-11-4-2-3-5-11/h4-10H,2-3H2,1H3. The van der Waals surface area contributed by atoms with Crippen molar-refractivity contribution >= 4 is 0 Å². The van der Waals surface area contributed by atoms with E-state index in [1.807, 2.05) is 12.2 Å². The van der Waals surface area contributed by atoms with Gasteiger partial charge in [0, 0.05) is 37.2 Å². The van der Waals surface area contributed by atoms with Crippen molar-refractivity contribution < 1.29 is 4.74 Å². The van der Waals surface area contributed by atoms with Gasteiger partial charge in [-0.25, -0.2) is 0 Å². The molecule has 2 rings (SSSR count). The Labute approximate surface area is 85.5 Å². The zero-order chi connectivity index (χ0) is 9.80. The predicted molar refractivity (Wildman–Crippen MR) is 58.2 cm³/mol. The van der Waals surface area contributed by atoms with E-state index < -0.39 is 0 Å². The van der Waals surface area contributed by atoms with E-state index >= 15 is 0 Å². The van der Waals surface area contributed by atoms with Gasteiger partial charge in [0.25, 0.3) is 0 Å². The highest BCUT2D eigenvalue weighted by atomic mass is 16.5. The van der Waals surface area contributed by atoms with Crippen molar-refractivity contribution in [2.75, 3.05) is 7.11 Å². The molecule has 0 aromatic carbocycles. The SMILES string of the molecule is COC1=C[CH-]C(=CC2=CCC[CH+]2)C=C1. The molecule has 2 aliphatic rings. The van der Waals surface area contributed by atoms with Crippen LogP contribution in [0.15, 0.2) is 47.3 Å². The number of allylic oxidation sites excluding steroid dienone is 7. The van der Waals surface area contributed by atoms with Gasteiger partial charge in [-0.15, -0.1) is 24.6 Å². The molecule has 0 atom stereocenters. The summed E-state index contributed by atoms with van der Waals surface area (Å²) in [6, 6.07) is 0.